The van der Waals surface area contributed by atoms with Crippen LogP contribution in [0.5, 0.6) is 0 Å². The van der Waals surface area contributed by atoms with Crippen LogP contribution in [-0.4, -0.2) is 31.1 Å². The monoisotopic (exact) mass is 300 g/mol. The zero-order valence-electron chi connectivity index (χ0n) is 13.3. The van der Waals surface area contributed by atoms with Gasteiger partial charge in [0, 0.05) is 36.8 Å². The summed E-state index contributed by atoms with van der Waals surface area (Å²) in [4.78, 5) is 21.3. The fourth-order valence-electron chi connectivity index (χ4n) is 2.38. The molecule has 0 radical (unpaired) electrons. The first kappa shape index (κ1) is 14.5. The number of amides is 1. The van der Waals surface area contributed by atoms with Crippen molar-refractivity contribution in [3.05, 3.63) is 29.2 Å². The Morgan fingerprint density at radius 1 is 1.32 bits per heavy atom. The SMILES string of the molecule is Cn1nc(C(C)(C)C)cc1Nc1ncc2c(n1)CN(C=O)C2. The minimum absolute atomic E-state index is 0.0130. The van der Waals surface area contributed by atoms with Crippen LogP contribution >= 0.6 is 0 Å². The van der Waals surface area contributed by atoms with Gasteiger partial charge in [-0.25, -0.2) is 9.97 Å². The number of aromatic nitrogens is 4. The number of hydrogen-bond acceptors (Lipinski definition) is 5. The van der Waals surface area contributed by atoms with Gasteiger partial charge in [0.2, 0.25) is 12.4 Å². The van der Waals surface area contributed by atoms with Crippen molar-refractivity contribution >= 4 is 18.2 Å². The van der Waals surface area contributed by atoms with Crippen LogP contribution in [0.1, 0.15) is 37.7 Å². The lowest BCUT2D eigenvalue weighted by Gasteiger charge is -2.13. The van der Waals surface area contributed by atoms with E-state index in [1.54, 1.807) is 15.8 Å². The Bertz CT molecular complexity index is 715. The highest BCUT2D eigenvalue weighted by atomic mass is 16.1. The van der Waals surface area contributed by atoms with Gasteiger partial charge in [-0.1, -0.05) is 20.8 Å². The van der Waals surface area contributed by atoms with Gasteiger partial charge in [0.15, 0.2) is 0 Å². The molecule has 0 fully saturated rings. The van der Waals surface area contributed by atoms with Crippen molar-refractivity contribution in [2.75, 3.05) is 5.32 Å². The van der Waals surface area contributed by atoms with Crippen molar-refractivity contribution in [2.24, 2.45) is 7.05 Å². The molecule has 2 aromatic heterocycles. The molecule has 2 aromatic rings. The van der Waals surface area contributed by atoms with E-state index in [4.69, 9.17) is 0 Å². The lowest BCUT2D eigenvalue weighted by Crippen LogP contribution is -2.12. The lowest BCUT2D eigenvalue weighted by molar-refractivity contribution is -0.118. The second-order valence-corrected chi connectivity index (χ2v) is 6.59. The first-order valence-electron chi connectivity index (χ1n) is 7.22. The quantitative estimate of drug-likeness (QED) is 0.874. The molecule has 0 unspecified atom stereocenters. The van der Waals surface area contributed by atoms with Crippen LogP contribution in [0.2, 0.25) is 0 Å². The van der Waals surface area contributed by atoms with Gasteiger partial charge < -0.3 is 10.2 Å². The average Bonchev–Trinajstić information content (AvgIpc) is 3.02. The number of rotatable bonds is 3. The van der Waals surface area contributed by atoms with Gasteiger partial charge in [-0.15, -0.1) is 0 Å². The summed E-state index contributed by atoms with van der Waals surface area (Å²) in [7, 11) is 1.89. The lowest BCUT2D eigenvalue weighted by atomic mass is 9.92. The average molecular weight is 300 g/mol. The van der Waals surface area contributed by atoms with Crippen molar-refractivity contribution in [3.8, 4) is 0 Å². The van der Waals surface area contributed by atoms with Gasteiger partial charge in [-0.05, 0) is 0 Å². The molecule has 0 aliphatic carbocycles. The Balaban J connectivity index is 1.83. The molecule has 1 aliphatic heterocycles. The molecule has 116 valence electrons. The summed E-state index contributed by atoms with van der Waals surface area (Å²) < 4.78 is 1.79. The summed E-state index contributed by atoms with van der Waals surface area (Å²) in [5.74, 6) is 1.37. The predicted octanol–water partition coefficient (Wildman–Crippen LogP) is 1.72. The van der Waals surface area contributed by atoms with Crippen LogP contribution in [-0.2, 0) is 30.3 Å². The summed E-state index contributed by atoms with van der Waals surface area (Å²) in [5.41, 5.74) is 2.88. The maximum absolute atomic E-state index is 10.8. The zero-order chi connectivity index (χ0) is 15.9. The molecule has 0 spiro atoms. The van der Waals surface area contributed by atoms with E-state index < -0.39 is 0 Å². The van der Waals surface area contributed by atoms with Crippen LogP contribution in [0.15, 0.2) is 12.3 Å². The minimum Gasteiger partial charge on any atom is -0.335 e. The van der Waals surface area contributed by atoms with E-state index in [0.717, 1.165) is 29.2 Å². The highest BCUT2D eigenvalue weighted by Gasteiger charge is 2.21. The van der Waals surface area contributed by atoms with Crippen molar-refractivity contribution in [2.45, 2.75) is 39.3 Å². The summed E-state index contributed by atoms with van der Waals surface area (Å²) in [6.45, 7) is 7.49. The fourth-order valence-corrected chi connectivity index (χ4v) is 2.38. The molecular formula is C15H20N6O. The van der Waals surface area contributed by atoms with Crippen molar-refractivity contribution < 1.29 is 4.79 Å². The predicted molar refractivity (Wildman–Crippen MR) is 82.5 cm³/mol. The molecule has 0 bridgehead atoms. The maximum atomic E-state index is 10.8. The van der Waals surface area contributed by atoms with Crippen molar-refractivity contribution in [3.63, 3.8) is 0 Å². The number of nitrogens with one attached hydrogen (secondary N) is 1. The van der Waals surface area contributed by atoms with E-state index in [2.05, 4.69) is 41.2 Å². The van der Waals surface area contributed by atoms with E-state index in [9.17, 15) is 4.79 Å². The molecule has 7 nitrogen and oxygen atoms in total. The molecule has 3 heterocycles. The Hall–Kier alpha value is -2.44. The Labute approximate surface area is 129 Å². The Kier molecular flexibility index (Phi) is 3.35. The normalized spacial score (nSPS) is 14.1. The molecule has 1 amide bonds. The highest BCUT2D eigenvalue weighted by molar-refractivity contribution is 5.52. The minimum atomic E-state index is -0.0130. The molecule has 0 saturated carbocycles. The first-order chi connectivity index (χ1) is 10.4. The van der Waals surface area contributed by atoms with Crippen LogP contribution in [0.25, 0.3) is 0 Å². The molecule has 7 heteroatoms. The Morgan fingerprint density at radius 3 is 2.73 bits per heavy atom. The molecule has 1 N–H and O–H groups in total. The van der Waals surface area contributed by atoms with E-state index in [1.165, 1.54) is 0 Å². The number of carbonyl (C=O) groups excluding carboxylic acids is 1. The third kappa shape index (κ3) is 2.66. The number of aryl methyl sites for hydroxylation is 1. The van der Waals surface area contributed by atoms with Crippen molar-refractivity contribution in [1.29, 1.82) is 0 Å². The van der Waals surface area contributed by atoms with Gasteiger partial charge in [0.05, 0.1) is 17.9 Å². The Morgan fingerprint density at radius 2 is 2.09 bits per heavy atom. The highest BCUT2D eigenvalue weighted by Crippen LogP contribution is 2.25. The zero-order valence-corrected chi connectivity index (χ0v) is 13.3. The van der Waals surface area contributed by atoms with E-state index >= 15 is 0 Å². The number of carbonyl (C=O) groups is 1. The topological polar surface area (TPSA) is 75.9 Å². The number of fused-ring (bicyclic) bond motifs is 1. The van der Waals surface area contributed by atoms with Gasteiger partial charge >= 0.3 is 0 Å². The molecule has 0 aromatic carbocycles. The van der Waals surface area contributed by atoms with E-state index in [-0.39, 0.29) is 5.41 Å². The second kappa shape index (κ2) is 5.08. The van der Waals surface area contributed by atoms with Gasteiger partial charge in [0.1, 0.15) is 5.82 Å². The molecule has 3 rings (SSSR count). The fraction of sp³-hybridized carbons (Fsp3) is 0.467. The van der Waals surface area contributed by atoms with Gasteiger partial charge in [-0.2, -0.15) is 5.10 Å². The van der Waals surface area contributed by atoms with Crippen LogP contribution < -0.4 is 5.32 Å². The maximum Gasteiger partial charge on any atom is 0.228 e. The summed E-state index contributed by atoms with van der Waals surface area (Å²) in [5, 5.41) is 7.72. The van der Waals surface area contributed by atoms with Crippen LogP contribution in [0.4, 0.5) is 11.8 Å². The molecule has 22 heavy (non-hydrogen) atoms. The van der Waals surface area contributed by atoms with E-state index in [1.807, 2.05) is 13.1 Å². The van der Waals surface area contributed by atoms with Crippen molar-refractivity contribution in [1.82, 2.24) is 24.6 Å². The molecule has 1 aliphatic rings. The van der Waals surface area contributed by atoms with Gasteiger partial charge in [-0.3, -0.25) is 9.48 Å². The second-order valence-electron chi connectivity index (χ2n) is 6.59. The van der Waals surface area contributed by atoms with Crippen LogP contribution in [0, 0.1) is 0 Å². The molecule has 0 saturated heterocycles. The smallest absolute Gasteiger partial charge is 0.228 e. The van der Waals surface area contributed by atoms with Crippen LogP contribution in [0.3, 0.4) is 0 Å². The number of anilines is 2. The summed E-state index contributed by atoms with van der Waals surface area (Å²) in [6.07, 6.45) is 2.61. The standard InChI is InChI=1S/C15H20N6O/c1-15(2,3)12-5-13(20(4)19-12)18-14-16-6-10-7-21(9-22)8-11(10)17-14/h5-6,9H,7-8H2,1-4H3,(H,16,17,18). The molecule has 0 atom stereocenters. The largest absolute Gasteiger partial charge is 0.335 e. The number of nitrogens with zero attached hydrogens (tertiary/aromatic N) is 5. The summed E-state index contributed by atoms with van der Waals surface area (Å²) >= 11 is 0. The summed E-state index contributed by atoms with van der Waals surface area (Å²) in [6, 6.07) is 2.01. The van der Waals surface area contributed by atoms with Gasteiger partial charge in [0.25, 0.3) is 0 Å². The first-order valence-corrected chi connectivity index (χ1v) is 7.22. The third-order valence-electron chi connectivity index (χ3n) is 3.72. The third-order valence-corrected chi connectivity index (χ3v) is 3.72. The molecular weight excluding hydrogens is 280 g/mol. The van der Waals surface area contributed by atoms with E-state index in [0.29, 0.717) is 19.0 Å². The number of hydrogen-bond donors (Lipinski definition) is 1.